The Bertz CT molecular complexity index is 1020. The summed E-state index contributed by atoms with van der Waals surface area (Å²) < 4.78 is 15.2. The number of rotatable bonds is 4. The predicted molar refractivity (Wildman–Crippen MR) is 95.3 cm³/mol. The Morgan fingerprint density at radius 3 is 2.80 bits per heavy atom. The molecule has 2 aromatic carbocycles. The number of hydrogen-bond acceptors (Lipinski definition) is 3. The van der Waals surface area contributed by atoms with E-state index in [0.717, 1.165) is 0 Å². The summed E-state index contributed by atoms with van der Waals surface area (Å²) in [6.07, 6.45) is 0.315. The highest BCUT2D eigenvalue weighted by atomic mass is 35.5. The molecular weight excluding hydrogens is 345 g/mol. The molecule has 1 N–H and O–H groups in total. The van der Waals surface area contributed by atoms with E-state index in [9.17, 15) is 14.0 Å². The van der Waals surface area contributed by atoms with Crippen molar-refractivity contribution in [3.8, 4) is 0 Å². The molecule has 25 heavy (non-hydrogen) atoms. The number of carbonyl (C=O) groups is 1. The highest BCUT2D eigenvalue weighted by Crippen LogP contribution is 2.22. The Morgan fingerprint density at radius 2 is 2.00 bits per heavy atom. The smallest absolute Gasteiger partial charge is 0.261 e. The van der Waals surface area contributed by atoms with Crippen LogP contribution in [0.3, 0.4) is 0 Å². The van der Waals surface area contributed by atoms with Crippen LogP contribution in [0.4, 0.5) is 10.1 Å². The molecule has 0 aliphatic carbocycles. The number of para-hydroxylation sites is 1. The Balaban J connectivity index is 1.76. The molecule has 0 spiro atoms. The first-order valence-corrected chi connectivity index (χ1v) is 8.03. The zero-order valence-corrected chi connectivity index (χ0v) is 14.2. The van der Waals surface area contributed by atoms with Crippen LogP contribution in [0.5, 0.6) is 0 Å². The summed E-state index contributed by atoms with van der Waals surface area (Å²) in [5.41, 5.74) is 0.446. The van der Waals surface area contributed by atoms with Gasteiger partial charge in [-0.3, -0.25) is 14.2 Å². The monoisotopic (exact) mass is 359 g/mol. The highest BCUT2D eigenvalue weighted by Gasteiger charge is 2.12. The second kappa shape index (κ2) is 7.03. The summed E-state index contributed by atoms with van der Waals surface area (Å²) in [7, 11) is 1.62. The summed E-state index contributed by atoms with van der Waals surface area (Å²) in [6.45, 7) is 0. The standard InChI is InChI=1S/C18H15ClFN3O2/c1-23-15(21-13-7-3-2-5-11(13)18(23)25)9-10-16(24)22-14-8-4-6-12(19)17(14)20/h2-8H,9-10H2,1H3,(H,22,24). The average molecular weight is 360 g/mol. The molecule has 0 aliphatic rings. The summed E-state index contributed by atoms with van der Waals surface area (Å²) in [5.74, 6) is -0.567. The van der Waals surface area contributed by atoms with E-state index in [1.807, 2.05) is 0 Å². The lowest BCUT2D eigenvalue weighted by Gasteiger charge is -2.10. The van der Waals surface area contributed by atoms with E-state index < -0.39 is 5.82 Å². The average Bonchev–Trinajstić information content (AvgIpc) is 2.61. The number of amides is 1. The van der Waals surface area contributed by atoms with Crippen LogP contribution in [-0.2, 0) is 18.3 Å². The van der Waals surface area contributed by atoms with E-state index in [1.165, 1.54) is 16.7 Å². The molecule has 0 bridgehead atoms. The Hall–Kier alpha value is -2.73. The number of aromatic nitrogens is 2. The van der Waals surface area contributed by atoms with E-state index in [1.54, 1.807) is 37.4 Å². The van der Waals surface area contributed by atoms with Crippen LogP contribution in [0.1, 0.15) is 12.2 Å². The minimum atomic E-state index is -0.672. The first-order chi connectivity index (χ1) is 12.0. The normalized spacial score (nSPS) is 10.8. The van der Waals surface area contributed by atoms with Gasteiger partial charge < -0.3 is 5.32 Å². The van der Waals surface area contributed by atoms with Gasteiger partial charge in [0.2, 0.25) is 5.91 Å². The molecule has 3 rings (SSSR count). The van der Waals surface area contributed by atoms with Gasteiger partial charge in [0, 0.05) is 19.9 Å². The molecule has 3 aromatic rings. The van der Waals surface area contributed by atoms with E-state index in [-0.39, 0.29) is 35.0 Å². The van der Waals surface area contributed by atoms with Gasteiger partial charge in [0.1, 0.15) is 5.82 Å². The van der Waals surface area contributed by atoms with E-state index in [0.29, 0.717) is 16.7 Å². The number of hydrogen-bond donors (Lipinski definition) is 1. The van der Waals surface area contributed by atoms with E-state index >= 15 is 0 Å². The van der Waals surface area contributed by atoms with Crippen LogP contribution in [0, 0.1) is 5.82 Å². The van der Waals surface area contributed by atoms with Crippen LogP contribution in [0.25, 0.3) is 10.9 Å². The fraction of sp³-hybridized carbons (Fsp3) is 0.167. The van der Waals surface area contributed by atoms with Crippen LogP contribution >= 0.6 is 11.6 Å². The Morgan fingerprint density at radius 1 is 1.24 bits per heavy atom. The number of carbonyl (C=O) groups excluding carboxylic acids is 1. The molecule has 5 nitrogen and oxygen atoms in total. The van der Waals surface area contributed by atoms with Gasteiger partial charge in [-0.1, -0.05) is 29.8 Å². The lowest BCUT2D eigenvalue weighted by molar-refractivity contribution is -0.116. The van der Waals surface area contributed by atoms with Crippen molar-refractivity contribution in [1.82, 2.24) is 9.55 Å². The fourth-order valence-electron chi connectivity index (χ4n) is 2.53. The first-order valence-electron chi connectivity index (χ1n) is 7.66. The molecule has 0 unspecified atom stereocenters. The van der Waals surface area contributed by atoms with Gasteiger partial charge in [-0.2, -0.15) is 0 Å². The van der Waals surface area contributed by atoms with Gasteiger partial charge in [-0.15, -0.1) is 0 Å². The highest BCUT2D eigenvalue weighted by molar-refractivity contribution is 6.31. The number of fused-ring (bicyclic) bond motifs is 1. The number of aryl methyl sites for hydroxylation is 1. The molecule has 0 atom stereocenters. The molecule has 7 heteroatoms. The van der Waals surface area contributed by atoms with Gasteiger partial charge >= 0.3 is 0 Å². The van der Waals surface area contributed by atoms with Crippen molar-refractivity contribution in [2.24, 2.45) is 7.05 Å². The molecule has 128 valence electrons. The minimum Gasteiger partial charge on any atom is -0.324 e. The molecule has 1 amide bonds. The van der Waals surface area contributed by atoms with Crippen molar-refractivity contribution in [3.05, 3.63) is 69.5 Å². The maximum absolute atomic E-state index is 13.8. The number of anilines is 1. The number of nitrogens with zero attached hydrogens (tertiary/aromatic N) is 2. The molecule has 1 aromatic heterocycles. The molecule has 1 heterocycles. The van der Waals surface area contributed by atoms with Gasteiger partial charge in [0.05, 0.1) is 21.6 Å². The third kappa shape index (κ3) is 3.53. The van der Waals surface area contributed by atoms with Crippen molar-refractivity contribution in [2.75, 3.05) is 5.32 Å². The van der Waals surface area contributed by atoms with Crippen LogP contribution in [-0.4, -0.2) is 15.5 Å². The van der Waals surface area contributed by atoms with Gasteiger partial charge in [0.15, 0.2) is 5.82 Å². The molecule has 0 radical (unpaired) electrons. The van der Waals surface area contributed by atoms with Crippen molar-refractivity contribution < 1.29 is 9.18 Å². The lowest BCUT2D eigenvalue weighted by atomic mass is 10.2. The zero-order valence-electron chi connectivity index (χ0n) is 13.4. The van der Waals surface area contributed by atoms with Gasteiger partial charge in [0.25, 0.3) is 5.56 Å². The summed E-state index contributed by atoms with van der Waals surface area (Å²) in [5, 5.41) is 2.95. The third-order valence-corrected chi connectivity index (χ3v) is 4.17. The Kier molecular flexibility index (Phi) is 4.81. The molecule has 0 saturated carbocycles. The van der Waals surface area contributed by atoms with Crippen LogP contribution in [0.2, 0.25) is 5.02 Å². The first kappa shape index (κ1) is 17.1. The maximum atomic E-state index is 13.8. The minimum absolute atomic E-state index is 0.0258. The molecule has 0 fully saturated rings. The quantitative estimate of drug-likeness (QED) is 0.777. The molecular formula is C18H15ClFN3O2. The predicted octanol–water partition coefficient (Wildman–Crippen LogP) is 3.30. The molecule has 0 aliphatic heterocycles. The Labute approximate surface area is 148 Å². The molecule has 0 saturated heterocycles. The van der Waals surface area contributed by atoms with Gasteiger partial charge in [-0.25, -0.2) is 9.37 Å². The van der Waals surface area contributed by atoms with E-state index in [4.69, 9.17) is 11.6 Å². The van der Waals surface area contributed by atoms with E-state index in [2.05, 4.69) is 10.3 Å². The van der Waals surface area contributed by atoms with Crippen molar-refractivity contribution >= 4 is 34.1 Å². The van der Waals surface area contributed by atoms with Crippen molar-refractivity contribution in [3.63, 3.8) is 0 Å². The number of halogens is 2. The van der Waals surface area contributed by atoms with Crippen LogP contribution < -0.4 is 10.9 Å². The second-order valence-corrected chi connectivity index (χ2v) is 5.97. The largest absolute Gasteiger partial charge is 0.324 e. The topological polar surface area (TPSA) is 64.0 Å². The SMILES string of the molecule is Cn1c(CCC(=O)Nc2cccc(Cl)c2F)nc2ccccc2c1=O. The third-order valence-electron chi connectivity index (χ3n) is 3.88. The zero-order chi connectivity index (χ0) is 18.0. The lowest BCUT2D eigenvalue weighted by Crippen LogP contribution is -2.23. The van der Waals surface area contributed by atoms with Gasteiger partial charge in [-0.05, 0) is 24.3 Å². The fourth-order valence-corrected chi connectivity index (χ4v) is 2.70. The number of benzene rings is 2. The van der Waals surface area contributed by atoms with Crippen molar-refractivity contribution in [2.45, 2.75) is 12.8 Å². The maximum Gasteiger partial charge on any atom is 0.261 e. The summed E-state index contributed by atoms with van der Waals surface area (Å²) in [4.78, 5) is 28.8. The summed E-state index contributed by atoms with van der Waals surface area (Å²) in [6, 6.07) is 11.4. The van der Waals surface area contributed by atoms with Crippen molar-refractivity contribution in [1.29, 1.82) is 0 Å². The number of nitrogens with one attached hydrogen (secondary N) is 1. The summed E-state index contributed by atoms with van der Waals surface area (Å²) >= 11 is 5.69. The van der Waals surface area contributed by atoms with Crippen LogP contribution in [0.15, 0.2) is 47.3 Å². The second-order valence-electron chi connectivity index (χ2n) is 5.56.